The van der Waals surface area contributed by atoms with Crippen LogP contribution >= 0.6 is 0 Å². The quantitative estimate of drug-likeness (QED) is 0.921. The Morgan fingerprint density at radius 2 is 2.22 bits per heavy atom. The number of carbonyl (C=O) groups is 1. The Hall–Kier alpha value is -2.43. The first kappa shape index (κ1) is 15.5. The Balaban J connectivity index is 1.52. The van der Waals surface area contributed by atoms with Crippen LogP contribution < -0.4 is 14.8 Å². The van der Waals surface area contributed by atoms with Crippen LogP contribution in [0.15, 0.2) is 34.7 Å². The number of hydrogen-bond acceptors (Lipinski definition) is 4. The molecule has 1 aliphatic rings. The van der Waals surface area contributed by atoms with Crippen molar-refractivity contribution < 1.29 is 18.7 Å². The molecule has 0 bridgehead atoms. The minimum Gasteiger partial charge on any atom is -0.497 e. The number of amides is 1. The standard InChI is InChI=1S/C18H21NO4/c1-12-3-5-15(23-12)7-8-19-18(20)14-9-13-4-6-16(21-2)10-17(13)22-11-14/h3-6,10,14H,7-9,11H2,1-2H3,(H,19,20)/t14-/m0/s1. The number of methoxy groups -OCH3 is 1. The third-order valence-electron chi connectivity index (χ3n) is 4.02. The summed E-state index contributed by atoms with van der Waals surface area (Å²) in [4.78, 5) is 12.3. The normalized spacial score (nSPS) is 16.3. The molecule has 3 rings (SSSR count). The molecule has 1 atom stereocenters. The number of ether oxygens (including phenoxy) is 2. The van der Waals surface area contributed by atoms with E-state index in [-0.39, 0.29) is 11.8 Å². The van der Waals surface area contributed by atoms with Crippen LogP contribution in [0.1, 0.15) is 17.1 Å². The summed E-state index contributed by atoms with van der Waals surface area (Å²) >= 11 is 0. The molecular weight excluding hydrogens is 294 g/mol. The lowest BCUT2D eigenvalue weighted by Crippen LogP contribution is -2.38. The number of fused-ring (bicyclic) bond motifs is 1. The monoisotopic (exact) mass is 315 g/mol. The zero-order valence-electron chi connectivity index (χ0n) is 13.4. The van der Waals surface area contributed by atoms with E-state index in [1.54, 1.807) is 7.11 Å². The summed E-state index contributed by atoms with van der Waals surface area (Å²) in [7, 11) is 1.63. The van der Waals surface area contributed by atoms with Crippen LogP contribution in [0, 0.1) is 12.8 Å². The summed E-state index contributed by atoms with van der Waals surface area (Å²) in [6.07, 6.45) is 1.38. The first-order valence-electron chi connectivity index (χ1n) is 7.78. The first-order valence-corrected chi connectivity index (χ1v) is 7.78. The molecular formula is C18H21NO4. The highest BCUT2D eigenvalue weighted by Gasteiger charge is 2.26. The van der Waals surface area contributed by atoms with Crippen LogP contribution in [-0.4, -0.2) is 26.2 Å². The van der Waals surface area contributed by atoms with Gasteiger partial charge in [0.05, 0.1) is 13.0 Å². The number of rotatable bonds is 5. The molecule has 0 spiro atoms. The predicted octanol–water partition coefficient (Wildman–Crippen LogP) is 2.51. The number of nitrogens with one attached hydrogen (secondary N) is 1. The van der Waals surface area contributed by atoms with Gasteiger partial charge >= 0.3 is 0 Å². The number of carbonyl (C=O) groups excluding carboxylic acids is 1. The van der Waals surface area contributed by atoms with E-state index in [0.717, 1.165) is 28.6 Å². The molecule has 2 heterocycles. The minimum absolute atomic E-state index is 0.0229. The third-order valence-corrected chi connectivity index (χ3v) is 4.02. The molecule has 122 valence electrons. The molecule has 5 nitrogen and oxygen atoms in total. The molecule has 1 aromatic carbocycles. The molecule has 1 N–H and O–H groups in total. The first-order chi connectivity index (χ1) is 11.2. The summed E-state index contributed by atoms with van der Waals surface area (Å²) < 4.78 is 16.4. The zero-order chi connectivity index (χ0) is 16.2. The van der Waals surface area contributed by atoms with Crippen LogP contribution in [0.4, 0.5) is 0 Å². The van der Waals surface area contributed by atoms with Crippen molar-refractivity contribution in [3.8, 4) is 11.5 Å². The lowest BCUT2D eigenvalue weighted by Gasteiger charge is -2.25. The van der Waals surface area contributed by atoms with E-state index < -0.39 is 0 Å². The Morgan fingerprint density at radius 1 is 1.35 bits per heavy atom. The molecule has 1 aliphatic heterocycles. The molecule has 1 aromatic heterocycles. The van der Waals surface area contributed by atoms with E-state index in [9.17, 15) is 4.79 Å². The Morgan fingerprint density at radius 3 is 2.96 bits per heavy atom. The predicted molar refractivity (Wildman–Crippen MR) is 85.8 cm³/mol. The molecule has 0 saturated heterocycles. The maximum atomic E-state index is 12.3. The van der Waals surface area contributed by atoms with Gasteiger partial charge in [-0.3, -0.25) is 4.79 Å². The number of benzene rings is 1. The minimum atomic E-state index is -0.158. The van der Waals surface area contributed by atoms with Crippen molar-refractivity contribution in [3.63, 3.8) is 0 Å². The molecule has 0 fully saturated rings. The van der Waals surface area contributed by atoms with E-state index in [1.807, 2.05) is 37.3 Å². The summed E-state index contributed by atoms with van der Waals surface area (Å²) in [5.41, 5.74) is 1.04. The highest BCUT2D eigenvalue weighted by atomic mass is 16.5. The van der Waals surface area contributed by atoms with E-state index in [1.165, 1.54) is 0 Å². The lowest BCUT2D eigenvalue weighted by molar-refractivity contribution is -0.126. The van der Waals surface area contributed by atoms with Gasteiger partial charge in [0.2, 0.25) is 5.91 Å². The molecule has 2 aromatic rings. The average Bonchev–Trinajstić information content (AvgIpc) is 2.99. The van der Waals surface area contributed by atoms with Gasteiger partial charge in [-0.05, 0) is 37.1 Å². The SMILES string of the molecule is COc1ccc2c(c1)OC[C@@H](C(=O)NCCc1ccc(C)o1)C2. The molecule has 23 heavy (non-hydrogen) atoms. The largest absolute Gasteiger partial charge is 0.497 e. The smallest absolute Gasteiger partial charge is 0.226 e. The van der Waals surface area contributed by atoms with Gasteiger partial charge in [0.15, 0.2) is 0 Å². The van der Waals surface area contributed by atoms with Gasteiger partial charge in [-0.1, -0.05) is 6.07 Å². The highest BCUT2D eigenvalue weighted by Crippen LogP contribution is 2.31. The average molecular weight is 315 g/mol. The van der Waals surface area contributed by atoms with E-state index in [2.05, 4.69) is 5.32 Å². The van der Waals surface area contributed by atoms with E-state index in [0.29, 0.717) is 26.0 Å². The third kappa shape index (κ3) is 3.67. The topological polar surface area (TPSA) is 60.7 Å². The Kier molecular flexibility index (Phi) is 4.55. The van der Waals surface area contributed by atoms with Gasteiger partial charge in [-0.25, -0.2) is 0 Å². The number of aryl methyl sites for hydroxylation is 1. The van der Waals surface area contributed by atoms with Crippen molar-refractivity contribution >= 4 is 5.91 Å². The van der Waals surface area contributed by atoms with Crippen molar-refractivity contribution in [1.29, 1.82) is 0 Å². The van der Waals surface area contributed by atoms with Crippen LogP contribution in [0.3, 0.4) is 0 Å². The summed E-state index contributed by atoms with van der Waals surface area (Å²) in [5.74, 6) is 3.21. The zero-order valence-corrected chi connectivity index (χ0v) is 13.4. The van der Waals surface area contributed by atoms with Crippen LogP contribution in [0.2, 0.25) is 0 Å². The van der Waals surface area contributed by atoms with Crippen molar-refractivity contribution in [1.82, 2.24) is 5.32 Å². The molecule has 0 aliphatic carbocycles. The van der Waals surface area contributed by atoms with Crippen molar-refractivity contribution in [2.45, 2.75) is 19.8 Å². The van der Waals surface area contributed by atoms with Gasteiger partial charge in [0.1, 0.15) is 29.6 Å². The van der Waals surface area contributed by atoms with Crippen molar-refractivity contribution in [3.05, 3.63) is 47.4 Å². The summed E-state index contributed by atoms with van der Waals surface area (Å²) in [6.45, 7) is 2.87. The van der Waals surface area contributed by atoms with E-state index in [4.69, 9.17) is 13.9 Å². The second-order valence-electron chi connectivity index (χ2n) is 5.74. The molecule has 0 radical (unpaired) electrons. The second kappa shape index (κ2) is 6.77. The maximum Gasteiger partial charge on any atom is 0.226 e. The fourth-order valence-corrected chi connectivity index (χ4v) is 2.72. The highest BCUT2D eigenvalue weighted by molar-refractivity contribution is 5.79. The number of furan rings is 1. The molecule has 5 heteroatoms. The maximum absolute atomic E-state index is 12.3. The molecule has 0 saturated carbocycles. The Bertz CT molecular complexity index is 692. The van der Waals surface area contributed by atoms with Gasteiger partial charge in [-0.15, -0.1) is 0 Å². The van der Waals surface area contributed by atoms with Gasteiger partial charge in [0, 0.05) is 19.0 Å². The van der Waals surface area contributed by atoms with Crippen molar-refractivity contribution in [2.24, 2.45) is 5.92 Å². The van der Waals surface area contributed by atoms with Crippen LogP contribution in [-0.2, 0) is 17.6 Å². The van der Waals surface area contributed by atoms with Crippen molar-refractivity contribution in [2.75, 3.05) is 20.3 Å². The molecule has 1 amide bonds. The number of hydrogen-bond donors (Lipinski definition) is 1. The summed E-state index contributed by atoms with van der Waals surface area (Å²) in [5, 5.41) is 2.96. The van der Waals surface area contributed by atoms with Crippen LogP contribution in [0.25, 0.3) is 0 Å². The molecule has 0 unspecified atom stereocenters. The fraction of sp³-hybridized carbons (Fsp3) is 0.389. The Labute approximate surface area is 135 Å². The van der Waals surface area contributed by atoms with Crippen LogP contribution in [0.5, 0.6) is 11.5 Å². The summed E-state index contributed by atoms with van der Waals surface area (Å²) in [6, 6.07) is 9.58. The second-order valence-corrected chi connectivity index (χ2v) is 5.74. The van der Waals surface area contributed by atoms with Gasteiger partial charge < -0.3 is 19.2 Å². The lowest BCUT2D eigenvalue weighted by atomic mass is 9.96. The van der Waals surface area contributed by atoms with Gasteiger partial charge in [-0.2, -0.15) is 0 Å². The van der Waals surface area contributed by atoms with Gasteiger partial charge in [0.25, 0.3) is 0 Å². The fourth-order valence-electron chi connectivity index (χ4n) is 2.72. The van der Waals surface area contributed by atoms with E-state index >= 15 is 0 Å².